The highest BCUT2D eigenvalue weighted by Gasteiger charge is 2.11. The Hall–Kier alpha value is -1.24. The van der Waals surface area contributed by atoms with Gasteiger partial charge in [-0.25, -0.2) is 0 Å². The van der Waals surface area contributed by atoms with E-state index in [-0.39, 0.29) is 11.8 Å². The molecule has 1 amide bonds. The Morgan fingerprint density at radius 2 is 2.25 bits per heavy atom. The fourth-order valence-electron chi connectivity index (χ4n) is 1.06. The summed E-state index contributed by atoms with van der Waals surface area (Å²) < 4.78 is 0. The molecule has 0 aliphatic carbocycles. The molecule has 0 aliphatic heterocycles. The molecule has 3 nitrogen and oxygen atoms in total. The maximum Gasteiger partial charge on any atom is 0.252 e. The van der Waals surface area contributed by atoms with Gasteiger partial charge in [0.2, 0.25) is 0 Å². The van der Waals surface area contributed by atoms with Crippen LogP contribution in [0.1, 0.15) is 17.3 Å². The summed E-state index contributed by atoms with van der Waals surface area (Å²) in [6.45, 7) is 2.03. The average Bonchev–Trinajstić information content (AvgIpc) is 2.25. The minimum Gasteiger partial charge on any atom is -0.351 e. The number of halogens is 2. The predicted octanol–water partition coefficient (Wildman–Crippen LogP) is 2.88. The maximum atomic E-state index is 11.6. The molecule has 0 aliphatic rings. The summed E-state index contributed by atoms with van der Waals surface area (Å²) in [4.78, 5) is 11.6. The number of carbonyl (C=O) groups excluding carboxylic acids is 1. The number of hydrogen-bond donors (Lipinski definition) is 1. The first kappa shape index (κ1) is 12.8. The highest BCUT2D eigenvalue weighted by molar-refractivity contribution is 6.36. The Kier molecular flexibility index (Phi) is 4.60. The molecule has 0 bridgehead atoms. The van der Waals surface area contributed by atoms with Crippen LogP contribution >= 0.6 is 23.2 Å². The van der Waals surface area contributed by atoms with E-state index in [1.54, 1.807) is 19.1 Å². The van der Waals surface area contributed by atoms with Crippen molar-refractivity contribution in [1.29, 1.82) is 5.26 Å². The van der Waals surface area contributed by atoms with Crippen LogP contribution in [0.15, 0.2) is 18.2 Å². The summed E-state index contributed by atoms with van der Waals surface area (Å²) >= 11 is 11.6. The summed E-state index contributed by atoms with van der Waals surface area (Å²) in [6, 6.07) is 6.68. The summed E-state index contributed by atoms with van der Waals surface area (Å²) in [5, 5.41) is 12.0. The van der Waals surface area contributed by atoms with E-state index in [2.05, 4.69) is 5.32 Å². The second-order valence-corrected chi connectivity index (χ2v) is 4.21. The van der Waals surface area contributed by atoms with Crippen LogP contribution in [-0.2, 0) is 0 Å². The van der Waals surface area contributed by atoms with Crippen LogP contribution in [0, 0.1) is 17.2 Å². The first-order valence-corrected chi connectivity index (χ1v) is 5.43. The summed E-state index contributed by atoms with van der Waals surface area (Å²) in [6.07, 6.45) is 0. The lowest BCUT2D eigenvalue weighted by Gasteiger charge is -2.07. The standard InChI is InChI=1S/C11H10Cl2N2O/c1-7(5-14)6-15-11(16)9-3-2-8(12)4-10(9)13/h2-4,7H,6H2,1H3,(H,15,16). The Balaban J connectivity index is 2.71. The molecule has 0 saturated carbocycles. The number of carbonyl (C=O) groups is 1. The smallest absolute Gasteiger partial charge is 0.252 e. The zero-order valence-corrected chi connectivity index (χ0v) is 10.1. The van der Waals surface area contributed by atoms with Gasteiger partial charge in [-0.1, -0.05) is 23.2 Å². The van der Waals surface area contributed by atoms with Gasteiger partial charge in [0.05, 0.1) is 22.6 Å². The van der Waals surface area contributed by atoms with E-state index in [1.807, 2.05) is 6.07 Å². The van der Waals surface area contributed by atoms with Gasteiger partial charge >= 0.3 is 0 Å². The minimum absolute atomic E-state index is 0.227. The van der Waals surface area contributed by atoms with Gasteiger partial charge in [-0.15, -0.1) is 0 Å². The molecule has 1 atom stereocenters. The molecule has 1 N–H and O–H groups in total. The maximum absolute atomic E-state index is 11.6. The summed E-state index contributed by atoms with van der Waals surface area (Å²) in [5.41, 5.74) is 0.358. The first-order valence-electron chi connectivity index (χ1n) is 4.67. The molecule has 1 rings (SSSR count). The number of amides is 1. The fourth-order valence-corrected chi connectivity index (χ4v) is 1.55. The van der Waals surface area contributed by atoms with Gasteiger partial charge in [-0.2, -0.15) is 5.26 Å². The largest absolute Gasteiger partial charge is 0.351 e. The Bertz CT molecular complexity index is 440. The SMILES string of the molecule is CC(C#N)CNC(=O)c1ccc(Cl)cc1Cl. The molecule has 0 saturated heterocycles. The first-order chi connectivity index (χ1) is 7.54. The lowest BCUT2D eigenvalue weighted by molar-refractivity contribution is 0.0951. The quantitative estimate of drug-likeness (QED) is 0.905. The number of benzene rings is 1. The Labute approximate surface area is 104 Å². The van der Waals surface area contributed by atoms with E-state index in [9.17, 15) is 4.79 Å². The highest BCUT2D eigenvalue weighted by atomic mass is 35.5. The molecule has 0 radical (unpaired) electrons. The van der Waals surface area contributed by atoms with Crippen molar-refractivity contribution in [2.24, 2.45) is 5.92 Å². The van der Waals surface area contributed by atoms with Crippen molar-refractivity contribution >= 4 is 29.1 Å². The van der Waals surface area contributed by atoms with E-state index in [4.69, 9.17) is 28.5 Å². The van der Waals surface area contributed by atoms with Crippen LogP contribution in [-0.4, -0.2) is 12.5 Å². The van der Waals surface area contributed by atoms with Crippen LogP contribution < -0.4 is 5.32 Å². The van der Waals surface area contributed by atoms with Gasteiger partial charge < -0.3 is 5.32 Å². The van der Waals surface area contributed by atoms with Gasteiger partial charge in [-0.05, 0) is 25.1 Å². The van der Waals surface area contributed by atoms with Gasteiger partial charge in [-0.3, -0.25) is 4.79 Å². The van der Waals surface area contributed by atoms with E-state index < -0.39 is 0 Å². The van der Waals surface area contributed by atoms with Crippen LogP contribution in [0.25, 0.3) is 0 Å². The molecule has 0 spiro atoms. The lowest BCUT2D eigenvalue weighted by atomic mass is 10.2. The molecular formula is C11H10Cl2N2O. The van der Waals surface area contributed by atoms with Crippen LogP contribution in [0.3, 0.4) is 0 Å². The molecule has 1 unspecified atom stereocenters. The zero-order chi connectivity index (χ0) is 12.1. The molecule has 0 aromatic heterocycles. The van der Waals surface area contributed by atoms with E-state index in [0.29, 0.717) is 22.2 Å². The van der Waals surface area contributed by atoms with Crippen molar-refractivity contribution in [3.63, 3.8) is 0 Å². The second-order valence-electron chi connectivity index (χ2n) is 3.36. The second kappa shape index (κ2) is 5.74. The highest BCUT2D eigenvalue weighted by Crippen LogP contribution is 2.20. The Morgan fingerprint density at radius 3 is 2.81 bits per heavy atom. The van der Waals surface area contributed by atoms with Gasteiger partial charge in [0, 0.05) is 11.6 Å². The topological polar surface area (TPSA) is 52.9 Å². The predicted molar refractivity (Wildman–Crippen MR) is 63.6 cm³/mol. The van der Waals surface area contributed by atoms with Crippen molar-refractivity contribution in [1.82, 2.24) is 5.32 Å². The third kappa shape index (κ3) is 3.41. The number of nitrogens with one attached hydrogen (secondary N) is 1. The third-order valence-corrected chi connectivity index (χ3v) is 2.51. The van der Waals surface area contributed by atoms with Crippen LogP contribution in [0.5, 0.6) is 0 Å². The van der Waals surface area contributed by atoms with Crippen LogP contribution in [0.4, 0.5) is 0 Å². The van der Waals surface area contributed by atoms with Crippen molar-refractivity contribution in [3.05, 3.63) is 33.8 Å². The fraction of sp³-hybridized carbons (Fsp3) is 0.273. The van der Waals surface area contributed by atoms with Crippen molar-refractivity contribution < 1.29 is 4.79 Å². The Morgan fingerprint density at radius 1 is 1.56 bits per heavy atom. The molecular weight excluding hydrogens is 247 g/mol. The monoisotopic (exact) mass is 256 g/mol. The molecule has 84 valence electrons. The lowest BCUT2D eigenvalue weighted by Crippen LogP contribution is -2.27. The van der Waals surface area contributed by atoms with Gasteiger partial charge in [0.15, 0.2) is 0 Å². The van der Waals surface area contributed by atoms with E-state index in [1.165, 1.54) is 6.07 Å². The summed E-state index contributed by atoms with van der Waals surface area (Å²) in [5.74, 6) is -0.529. The molecule has 0 fully saturated rings. The number of hydrogen-bond acceptors (Lipinski definition) is 2. The van der Waals surface area contributed by atoms with E-state index in [0.717, 1.165) is 0 Å². The zero-order valence-electron chi connectivity index (χ0n) is 8.63. The number of nitrogens with zero attached hydrogens (tertiary/aromatic N) is 1. The third-order valence-electron chi connectivity index (χ3n) is 1.96. The van der Waals surface area contributed by atoms with Gasteiger partial charge in [0.25, 0.3) is 5.91 Å². The number of nitriles is 1. The van der Waals surface area contributed by atoms with Crippen LogP contribution in [0.2, 0.25) is 10.0 Å². The van der Waals surface area contributed by atoms with Crippen molar-refractivity contribution in [2.45, 2.75) is 6.92 Å². The molecule has 0 heterocycles. The number of rotatable bonds is 3. The minimum atomic E-state index is -0.302. The average molecular weight is 257 g/mol. The summed E-state index contributed by atoms with van der Waals surface area (Å²) in [7, 11) is 0. The van der Waals surface area contributed by atoms with E-state index >= 15 is 0 Å². The molecule has 16 heavy (non-hydrogen) atoms. The van der Waals surface area contributed by atoms with Crippen molar-refractivity contribution in [2.75, 3.05) is 6.54 Å². The molecule has 5 heteroatoms. The van der Waals surface area contributed by atoms with Crippen molar-refractivity contribution in [3.8, 4) is 6.07 Å². The molecule has 1 aromatic rings. The molecule has 1 aromatic carbocycles. The normalized spacial score (nSPS) is 11.6. The van der Waals surface area contributed by atoms with Gasteiger partial charge in [0.1, 0.15) is 0 Å².